The van der Waals surface area contributed by atoms with Gasteiger partial charge in [-0.25, -0.2) is 4.39 Å². The first-order valence-corrected chi connectivity index (χ1v) is 9.45. The van der Waals surface area contributed by atoms with Gasteiger partial charge in [-0.15, -0.1) is 0 Å². The Balaban J connectivity index is 1.74. The van der Waals surface area contributed by atoms with Gasteiger partial charge in [0, 0.05) is 30.7 Å². The Bertz CT molecular complexity index is 1010. The number of halogens is 1. The Hall–Kier alpha value is -3.38. The van der Waals surface area contributed by atoms with Gasteiger partial charge in [0.1, 0.15) is 12.0 Å². The summed E-state index contributed by atoms with van der Waals surface area (Å²) in [4.78, 5) is 16.9. The Morgan fingerprint density at radius 2 is 1.72 bits per heavy atom. The zero-order valence-corrected chi connectivity index (χ0v) is 16.0. The summed E-state index contributed by atoms with van der Waals surface area (Å²) in [6.07, 6.45) is -0.431. The number of hydrogen-bond acceptors (Lipinski definition) is 4. The van der Waals surface area contributed by atoms with Crippen molar-refractivity contribution in [2.75, 3.05) is 35.3 Å². The van der Waals surface area contributed by atoms with E-state index < -0.39 is 6.17 Å². The second-order valence-electron chi connectivity index (χ2n) is 6.98. The molecule has 0 bridgehead atoms. The lowest BCUT2D eigenvalue weighted by Gasteiger charge is -2.38. The summed E-state index contributed by atoms with van der Waals surface area (Å²) in [7, 11) is 1.91. The van der Waals surface area contributed by atoms with Crippen molar-refractivity contribution in [3.05, 3.63) is 89.7 Å². The fourth-order valence-electron chi connectivity index (χ4n) is 3.54. The summed E-state index contributed by atoms with van der Waals surface area (Å²) in [6.45, 7) is 0.612. The smallest absolute Gasteiger partial charge is 0.262 e. The van der Waals surface area contributed by atoms with Crippen LogP contribution in [0.2, 0.25) is 0 Å². The molecule has 0 fully saturated rings. The Morgan fingerprint density at radius 1 is 1.03 bits per heavy atom. The molecule has 3 aromatic carbocycles. The molecule has 4 rings (SSSR count). The molecule has 1 aliphatic rings. The highest BCUT2D eigenvalue weighted by molar-refractivity contribution is 6.12. The van der Waals surface area contributed by atoms with Gasteiger partial charge in [0.25, 0.3) is 5.91 Å². The van der Waals surface area contributed by atoms with Crippen molar-refractivity contribution in [1.82, 2.24) is 0 Å². The van der Waals surface area contributed by atoms with Crippen LogP contribution in [0.5, 0.6) is 0 Å². The number of anilines is 3. The van der Waals surface area contributed by atoms with E-state index in [2.05, 4.69) is 5.32 Å². The van der Waals surface area contributed by atoms with Gasteiger partial charge in [-0.3, -0.25) is 9.69 Å². The predicted octanol–water partition coefficient (Wildman–Crippen LogP) is 4.03. The third-order valence-electron chi connectivity index (χ3n) is 5.12. The van der Waals surface area contributed by atoms with Crippen LogP contribution in [0, 0.1) is 5.82 Å². The summed E-state index contributed by atoms with van der Waals surface area (Å²) in [5.74, 6) is -0.489. The molecule has 0 aliphatic carbocycles. The number of benzene rings is 3. The molecule has 0 radical (unpaired) electrons. The molecule has 1 amide bonds. The number of carbonyl (C=O) groups is 1. The number of carbonyl (C=O) groups excluding carboxylic acids is 1. The summed E-state index contributed by atoms with van der Waals surface area (Å²) in [6, 6.07) is 21.1. The van der Waals surface area contributed by atoms with Crippen LogP contribution in [-0.4, -0.2) is 31.2 Å². The Labute approximate surface area is 169 Å². The maximum absolute atomic E-state index is 13.5. The zero-order valence-electron chi connectivity index (χ0n) is 16.0. The summed E-state index contributed by atoms with van der Waals surface area (Å²) < 4.78 is 13.5. The van der Waals surface area contributed by atoms with Gasteiger partial charge in [-0.1, -0.05) is 24.3 Å². The summed E-state index contributed by atoms with van der Waals surface area (Å²) in [5, 5.41) is 12.6. The topological polar surface area (TPSA) is 55.8 Å². The van der Waals surface area contributed by atoms with Crippen molar-refractivity contribution in [3.8, 4) is 0 Å². The maximum atomic E-state index is 13.5. The van der Waals surface area contributed by atoms with Crippen LogP contribution >= 0.6 is 0 Å². The lowest BCUT2D eigenvalue weighted by molar-refractivity contribution is 0.0975. The molecular weight excluding hydrogens is 369 g/mol. The number of likely N-dealkylation sites (N-methyl/N-ethyl adjacent to an activating group) is 1. The van der Waals surface area contributed by atoms with Gasteiger partial charge in [-0.05, 0) is 54.1 Å². The normalized spacial score (nSPS) is 15.6. The van der Waals surface area contributed by atoms with Crippen LogP contribution < -0.4 is 15.1 Å². The molecule has 0 saturated heterocycles. The van der Waals surface area contributed by atoms with E-state index in [0.29, 0.717) is 17.8 Å². The lowest BCUT2D eigenvalue weighted by Crippen LogP contribution is -2.43. The van der Waals surface area contributed by atoms with E-state index in [1.807, 2.05) is 54.4 Å². The van der Waals surface area contributed by atoms with Crippen molar-refractivity contribution >= 4 is 23.0 Å². The van der Waals surface area contributed by atoms with E-state index in [-0.39, 0.29) is 18.3 Å². The first-order valence-electron chi connectivity index (χ1n) is 9.45. The lowest BCUT2D eigenvalue weighted by atomic mass is 10.0. The standard InChI is InChI=1S/C23H22FN3O2/c1-26(14-15-28)18-10-6-16(7-11-18)22-25-21-5-3-2-4-20(21)23(29)27(22)19-12-8-17(24)9-13-19/h2-13,22,25,28H,14-15H2,1H3/t22-/m1/s1. The Kier molecular flexibility index (Phi) is 5.18. The average molecular weight is 391 g/mol. The molecule has 29 heavy (non-hydrogen) atoms. The van der Waals surface area contributed by atoms with E-state index in [9.17, 15) is 9.18 Å². The monoisotopic (exact) mass is 391 g/mol. The first kappa shape index (κ1) is 19.0. The van der Waals surface area contributed by atoms with Gasteiger partial charge in [0.15, 0.2) is 0 Å². The van der Waals surface area contributed by atoms with E-state index in [0.717, 1.165) is 16.9 Å². The number of amides is 1. The highest BCUT2D eigenvalue weighted by atomic mass is 19.1. The molecule has 1 aliphatic heterocycles. The zero-order chi connectivity index (χ0) is 20.4. The molecule has 148 valence electrons. The van der Waals surface area contributed by atoms with E-state index in [1.54, 1.807) is 23.1 Å². The summed E-state index contributed by atoms with van der Waals surface area (Å²) >= 11 is 0. The third-order valence-corrected chi connectivity index (χ3v) is 5.12. The molecule has 3 aromatic rings. The number of aliphatic hydroxyl groups excluding tert-OH is 1. The number of rotatable bonds is 5. The van der Waals surface area contributed by atoms with Crippen molar-refractivity contribution < 1.29 is 14.3 Å². The van der Waals surface area contributed by atoms with Gasteiger partial charge in [0.2, 0.25) is 0 Å². The second-order valence-corrected chi connectivity index (χ2v) is 6.98. The highest BCUT2D eigenvalue weighted by Gasteiger charge is 2.34. The van der Waals surface area contributed by atoms with Gasteiger partial charge in [0.05, 0.1) is 12.2 Å². The minimum Gasteiger partial charge on any atom is -0.395 e. The van der Waals surface area contributed by atoms with Crippen LogP contribution in [0.25, 0.3) is 0 Å². The molecule has 6 heteroatoms. The third kappa shape index (κ3) is 3.67. The maximum Gasteiger partial charge on any atom is 0.262 e. The largest absolute Gasteiger partial charge is 0.395 e. The van der Waals surface area contributed by atoms with Crippen LogP contribution in [0.1, 0.15) is 22.1 Å². The predicted molar refractivity (Wildman–Crippen MR) is 113 cm³/mol. The fraction of sp³-hybridized carbons (Fsp3) is 0.174. The van der Waals surface area contributed by atoms with Crippen LogP contribution in [0.4, 0.5) is 21.5 Å². The average Bonchev–Trinajstić information content (AvgIpc) is 2.75. The molecule has 5 nitrogen and oxygen atoms in total. The number of hydrogen-bond donors (Lipinski definition) is 2. The number of nitrogens with one attached hydrogen (secondary N) is 1. The molecule has 0 spiro atoms. The number of para-hydroxylation sites is 1. The molecule has 0 saturated carbocycles. The van der Waals surface area contributed by atoms with Crippen LogP contribution in [0.3, 0.4) is 0 Å². The number of aliphatic hydroxyl groups is 1. The van der Waals surface area contributed by atoms with Crippen molar-refractivity contribution in [1.29, 1.82) is 0 Å². The number of fused-ring (bicyclic) bond motifs is 1. The van der Waals surface area contributed by atoms with Gasteiger partial charge < -0.3 is 15.3 Å². The Morgan fingerprint density at radius 3 is 2.41 bits per heavy atom. The van der Waals surface area contributed by atoms with E-state index in [4.69, 9.17) is 5.11 Å². The molecule has 0 aromatic heterocycles. The van der Waals surface area contributed by atoms with Crippen LogP contribution in [-0.2, 0) is 0 Å². The van der Waals surface area contributed by atoms with Crippen molar-refractivity contribution in [3.63, 3.8) is 0 Å². The van der Waals surface area contributed by atoms with Gasteiger partial charge >= 0.3 is 0 Å². The van der Waals surface area contributed by atoms with Crippen molar-refractivity contribution in [2.24, 2.45) is 0 Å². The van der Waals surface area contributed by atoms with Gasteiger partial charge in [-0.2, -0.15) is 0 Å². The number of nitrogens with zero attached hydrogens (tertiary/aromatic N) is 2. The minimum absolute atomic E-state index is 0.0755. The fourth-order valence-corrected chi connectivity index (χ4v) is 3.54. The first-order chi connectivity index (χ1) is 14.1. The van der Waals surface area contributed by atoms with E-state index in [1.165, 1.54) is 12.1 Å². The van der Waals surface area contributed by atoms with E-state index >= 15 is 0 Å². The second kappa shape index (κ2) is 7.93. The van der Waals surface area contributed by atoms with Crippen molar-refractivity contribution in [2.45, 2.75) is 6.17 Å². The minimum atomic E-state index is -0.431. The molecule has 2 N–H and O–H groups in total. The molecule has 0 unspecified atom stereocenters. The summed E-state index contributed by atoms with van der Waals surface area (Å²) in [5.41, 5.74) is 3.83. The SMILES string of the molecule is CN(CCO)c1ccc([C@@H]2Nc3ccccc3C(=O)N2c2ccc(F)cc2)cc1. The van der Waals surface area contributed by atoms with Crippen LogP contribution in [0.15, 0.2) is 72.8 Å². The quantitative estimate of drug-likeness (QED) is 0.690. The molecule has 1 heterocycles. The highest BCUT2D eigenvalue weighted by Crippen LogP contribution is 2.37. The molecular formula is C23H22FN3O2. The molecule has 1 atom stereocenters.